The van der Waals surface area contributed by atoms with E-state index in [9.17, 15) is 19.2 Å². The number of hydrogen-bond donors (Lipinski definition) is 4. The lowest BCUT2D eigenvalue weighted by Gasteiger charge is -2.34. The van der Waals surface area contributed by atoms with Gasteiger partial charge in [0.1, 0.15) is 0 Å². The summed E-state index contributed by atoms with van der Waals surface area (Å²) in [6, 6.07) is 16.1. The molecular weight excluding hydrogens is 562 g/mol. The Labute approximate surface area is 258 Å². The van der Waals surface area contributed by atoms with Crippen LogP contribution in [0.2, 0.25) is 0 Å². The lowest BCUT2D eigenvalue weighted by Crippen LogP contribution is -2.51. The Hall–Kier alpha value is -4.64. The maximum atomic E-state index is 13.4. The number of hydrogen-bond acceptors (Lipinski definition) is 7. The summed E-state index contributed by atoms with van der Waals surface area (Å²) in [7, 11) is 0. The summed E-state index contributed by atoms with van der Waals surface area (Å²) in [4.78, 5) is 54.6. The number of nitrogens with zero attached hydrogens (tertiary/aromatic N) is 1. The normalized spacial score (nSPS) is 18.4. The Kier molecular flexibility index (Phi) is 11.1. The first-order valence-electron chi connectivity index (χ1n) is 15.0. The molecule has 0 radical (unpaired) electrons. The van der Waals surface area contributed by atoms with Gasteiger partial charge in [0.25, 0.3) is 0 Å². The van der Waals surface area contributed by atoms with Gasteiger partial charge in [0.05, 0.1) is 36.4 Å². The summed E-state index contributed by atoms with van der Waals surface area (Å²) >= 11 is 0. The van der Waals surface area contributed by atoms with Gasteiger partial charge in [-0.15, -0.1) is 0 Å². The van der Waals surface area contributed by atoms with Crippen molar-refractivity contribution in [3.63, 3.8) is 0 Å². The Morgan fingerprint density at radius 1 is 0.727 bits per heavy atom. The third-order valence-electron chi connectivity index (χ3n) is 7.35. The van der Waals surface area contributed by atoms with E-state index in [1.54, 1.807) is 13.8 Å². The fourth-order valence-electron chi connectivity index (χ4n) is 5.28. The van der Waals surface area contributed by atoms with Crippen molar-refractivity contribution in [2.24, 2.45) is 5.92 Å². The monoisotopic (exact) mass is 603 g/mol. The molecule has 11 nitrogen and oxygen atoms in total. The highest BCUT2D eigenvalue weighted by molar-refractivity contribution is 5.96. The molecule has 2 aliphatic heterocycles. The maximum absolute atomic E-state index is 13.4. The molecule has 2 aromatic carbocycles. The Bertz CT molecular complexity index is 1300. The van der Waals surface area contributed by atoms with Crippen LogP contribution < -0.4 is 21.3 Å². The lowest BCUT2D eigenvalue weighted by molar-refractivity contribution is -0.140. The van der Waals surface area contributed by atoms with Crippen molar-refractivity contribution in [2.45, 2.75) is 46.2 Å². The molecule has 2 atom stereocenters. The van der Waals surface area contributed by atoms with Crippen LogP contribution in [0.3, 0.4) is 0 Å². The second-order valence-electron chi connectivity index (χ2n) is 11.0. The SMILES string of the molecule is CCOC(=O)C1=C(CN(CCC(C)C)CC2=C(C(=O)OCC)[C@H](c3ccccc3)NC(=O)N2)NC(=O)N[C@H]1c1ccccc1. The molecule has 0 bridgehead atoms. The largest absolute Gasteiger partial charge is 0.463 e. The number of amides is 4. The van der Waals surface area contributed by atoms with E-state index in [0.717, 1.165) is 17.5 Å². The van der Waals surface area contributed by atoms with E-state index in [-0.39, 0.29) is 26.3 Å². The average molecular weight is 604 g/mol. The van der Waals surface area contributed by atoms with Gasteiger partial charge in [0.15, 0.2) is 0 Å². The number of esters is 2. The minimum atomic E-state index is -0.721. The van der Waals surface area contributed by atoms with E-state index >= 15 is 0 Å². The van der Waals surface area contributed by atoms with Crippen molar-refractivity contribution >= 4 is 24.0 Å². The molecule has 4 rings (SSSR count). The molecule has 2 aromatic rings. The number of carbonyl (C=O) groups is 4. The Morgan fingerprint density at radius 3 is 1.50 bits per heavy atom. The summed E-state index contributed by atoms with van der Waals surface area (Å²) in [6.07, 6.45) is 0.784. The molecule has 234 valence electrons. The van der Waals surface area contributed by atoms with Gasteiger partial charge in [0.2, 0.25) is 0 Å². The molecule has 44 heavy (non-hydrogen) atoms. The Balaban J connectivity index is 1.79. The maximum Gasteiger partial charge on any atom is 0.338 e. The molecule has 0 unspecified atom stereocenters. The molecule has 0 aromatic heterocycles. The van der Waals surface area contributed by atoms with Gasteiger partial charge < -0.3 is 30.7 Å². The third-order valence-corrected chi connectivity index (χ3v) is 7.35. The fourth-order valence-corrected chi connectivity index (χ4v) is 5.28. The van der Waals surface area contributed by atoms with Crippen LogP contribution in [0.15, 0.2) is 83.2 Å². The highest BCUT2D eigenvalue weighted by Crippen LogP contribution is 2.30. The number of ether oxygens (including phenoxy) is 2. The number of benzene rings is 2. The zero-order valence-corrected chi connectivity index (χ0v) is 25.6. The topological polar surface area (TPSA) is 138 Å². The van der Waals surface area contributed by atoms with E-state index in [1.807, 2.05) is 65.6 Å². The van der Waals surface area contributed by atoms with Gasteiger partial charge >= 0.3 is 24.0 Å². The molecule has 0 saturated carbocycles. The molecule has 0 aliphatic carbocycles. The first-order chi connectivity index (χ1) is 21.2. The van der Waals surface area contributed by atoms with Gasteiger partial charge in [-0.3, -0.25) is 4.90 Å². The van der Waals surface area contributed by atoms with E-state index in [1.165, 1.54) is 0 Å². The van der Waals surface area contributed by atoms with Crippen molar-refractivity contribution < 1.29 is 28.7 Å². The predicted molar refractivity (Wildman–Crippen MR) is 165 cm³/mol. The second kappa shape index (κ2) is 15.2. The average Bonchev–Trinajstić information content (AvgIpc) is 3.00. The molecule has 2 aliphatic rings. The van der Waals surface area contributed by atoms with Crippen LogP contribution in [0.4, 0.5) is 9.59 Å². The number of carbonyl (C=O) groups excluding carboxylic acids is 4. The van der Waals surface area contributed by atoms with E-state index in [4.69, 9.17) is 9.47 Å². The summed E-state index contributed by atoms with van der Waals surface area (Å²) in [5.74, 6) is -0.745. The van der Waals surface area contributed by atoms with E-state index in [0.29, 0.717) is 35.0 Å². The standard InChI is InChI=1S/C33H41N5O6/c1-5-43-30(39)26-24(34-32(41)36-28(26)22-13-9-7-10-14-22)19-38(18-17-21(3)4)20-25-27(31(40)44-6-2)29(37-33(42)35-25)23-15-11-8-12-16-23/h7-16,21,28-29H,5-6,17-20H2,1-4H3,(H2,34,36,41)(H2,35,37,42)/t28-,29-/m0/s1. The molecule has 0 spiro atoms. The number of rotatable bonds is 13. The van der Waals surface area contributed by atoms with Crippen LogP contribution in [0.5, 0.6) is 0 Å². The van der Waals surface area contributed by atoms with Crippen LogP contribution in [0, 0.1) is 5.92 Å². The van der Waals surface area contributed by atoms with Crippen molar-refractivity contribution in [2.75, 3.05) is 32.8 Å². The Morgan fingerprint density at radius 2 is 1.14 bits per heavy atom. The number of urea groups is 2. The zero-order chi connectivity index (χ0) is 31.6. The van der Waals surface area contributed by atoms with Crippen LogP contribution in [0.25, 0.3) is 0 Å². The van der Waals surface area contributed by atoms with E-state index in [2.05, 4.69) is 35.1 Å². The highest BCUT2D eigenvalue weighted by Gasteiger charge is 2.37. The fraction of sp³-hybridized carbons (Fsp3) is 0.394. The molecule has 4 amide bonds. The molecule has 11 heteroatoms. The van der Waals surface area contributed by atoms with Crippen LogP contribution >= 0.6 is 0 Å². The van der Waals surface area contributed by atoms with Crippen LogP contribution in [-0.4, -0.2) is 61.7 Å². The van der Waals surface area contributed by atoms with Crippen molar-refractivity contribution in [3.8, 4) is 0 Å². The minimum Gasteiger partial charge on any atom is -0.463 e. The first kappa shape index (κ1) is 32.3. The van der Waals surface area contributed by atoms with Crippen LogP contribution in [0.1, 0.15) is 57.3 Å². The summed E-state index contributed by atoms with van der Waals surface area (Å²) in [5.41, 5.74) is 2.85. The molecule has 4 N–H and O–H groups in total. The summed E-state index contributed by atoms with van der Waals surface area (Å²) in [6.45, 7) is 8.83. The van der Waals surface area contributed by atoms with E-state index < -0.39 is 36.1 Å². The highest BCUT2D eigenvalue weighted by atomic mass is 16.5. The quantitative estimate of drug-likeness (QED) is 0.253. The van der Waals surface area contributed by atoms with Crippen LogP contribution in [-0.2, 0) is 19.1 Å². The van der Waals surface area contributed by atoms with Crippen molar-refractivity contribution in [1.82, 2.24) is 26.2 Å². The molecule has 0 fully saturated rings. The molecule has 2 heterocycles. The van der Waals surface area contributed by atoms with Gasteiger partial charge in [0, 0.05) is 24.5 Å². The summed E-state index contributed by atoms with van der Waals surface area (Å²) < 4.78 is 10.9. The first-order valence-corrected chi connectivity index (χ1v) is 15.0. The second-order valence-corrected chi connectivity index (χ2v) is 11.0. The molecular formula is C33H41N5O6. The van der Waals surface area contributed by atoms with Crippen molar-refractivity contribution in [1.29, 1.82) is 0 Å². The number of nitrogens with one attached hydrogen (secondary N) is 4. The third kappa shape index (κ3) is 8.04. The van der Waals surface area contributed by atoms with Crippen molar-refractivity contribution in [3.05, 3.63) is 94.3 Å². The summed E-state index contributed by atoms with van der Waals surface area (Å²) in [5, 5.41) is 11.4. The minimum absolute atomic E-state index is 0.149. The van der Waals surface area contributed by atoms with Gasteiger partial charge in [-0.05, 0) is 43.9 Å². The molecule has 0 saturated heterocycles. The van der Waals surface area contributed by atoms with Gasteiger partial charge in [-0.1, -0.05) is 74.5 Å². The smallest absolute Gasteiger partial charge is 0.338 e. The zero-order valence-electron chi connectivity index (χ0n) is 25.6. The van der Waals surface area contributed by atoms with Gasteiger partial charge in [-0.25, -0.2) is 19.2 Å². The van der Waals surface area contributed by atoms with Gasteiger partial charge in [-0.2, -0.15) is 0 Å². The predicted octanol–water partition coefficient (Wildman–Crippen LogP) is 4.08. The lowest BCUT2D eigenvalue weighted by atomic mass is 9.94.